The molecular formula is C16H28O. The van der Waals surface area contributed by atoms with Crippen LogP contribution in [0, 0.1) is 5.41 Å². The van der Waals surface area contributed by atoms with Crippen LogP contribution in [0.25, 0.3) is 0 Å². The summed E-state index contributed by atoms with van der Waals surface area (Å²) in [6.45, 7) is 12.3. The molecule has 0 aliphatic carbocycles. The molecule has 0 aromatic heterocycles. The number of allylic oxidation sites excluding steroid dienone is 3. The molecule has 2 atom stereocenters. The van der Waals surface area contributed by atoms with Crippen molar-refractivity contribution in [3.63, 3.8) is 0 Å². The molecule has 0 saturated heterocycles. The van der Waals surface area contributed by atoms with Gasteiger partial charge >= 0.3 is 0 Å². The molecule has 0 amide bonds. The van der Waals surface area contributed by atoms with E-state index < -0.39 is 6.10 Å². The van der Waals surface area contributed by atoms with Gasteiger partial charge in [-0.05, 0) is 33.1 Å². The minimum Gasteiger partial charge on any atom is -0.388 e. The molecule has 0 unspecified atom stereocenters. The zero-order valence-electron chi connectivity index (χ0n) is 11.9. The maximum atomic E-state index is 10.2. The van der Waals surface area contributed by atoms with Crippen LogP contribution in [0.3, 0.4) is 0 Å². The van der Waals surface area contributed by atoms with Crippen molar-refractivity contribution in [1.82, 2.24) is 0 Å². The SMILES string of the molecule is C=C[C@](C)(CCC=C(C)C)[C@@H](O)/C=C/CCC. The molecule has 0 radical (unpaired) electrons. The molecule has 0 fully saturated rings. The van der Waals surface area contributed by atoms with E-state index in [1.807, 2.05) is 12.2 Å². The van der Waals surface area contributed by atoms with Crippen LogP contribution >= 0.6 is 0 Å². The van der Waals surface area contributed by atoms with E-state index in [0.29, 0.717) is 0 Å². The first-order chi connectivity index (χ1) is 7.96. The van der Waals surface area contributed by atoms with Gasteiger partial charge in [0.05, 0.1) is 6.10 Å². The second-order valence-corrected chi connectivity index (χ2v) is 5.19. The van der Waals surface area contributed by atoms with Gasteiger partial charge < -0.3 is 5.11 Å². The Morgan fingerprint density at radius 3 is 2.47 bits per heavy atom. The molecule has 0 aliphatic rings. The molecule has 1 nitrogen and oxygen atoms in total. The molecule has 0 aromatic carbocycles. The summed E-state index contributed by atoms with van der Waals surface area (Å²) in [5.74, 6) is 0. The van der Waals surface area contributed by atoms with Crippen molar-refractivity contribution in [3.8, 4) is 0 Å². The molecule has 1 heteroatoms. The number of hydrogen-bond donors (Lipinski definition) is 1. The highest BCUT2D eigenvalue weighted by Gasteiger charge is 2.26. The molecule has 0 aliphatic heterocycles. The van der Waals surface area contributed by atoms with Crippen molar-refractivity contribution in [3.05, 3.63) is 36.5 Å². The first-order valence-electron chi connectivity index (χ1n) is 6.58. The summed E-state index contributed by atoms with van der Waals surface area (Å²) in [5, 5.41) is 10.2. The number of aliphatic hydroxyl groups excluding tert-OH is 1. The van der Waals surface area contributed by atoms with E-state index in [2.05, 4.69) is 46.4 Å². The molecule has 0 rings (SSSR count). The van der Waals surface area contributed by atoms with Crippen LogP contribution in [0.4, 0.5) is 0 Å². The Hall–Kier alpha value is -0.820. The van der Waals surface area contributed by atoms with E-state index in [1.54, 1.807) is 0 Å². The highest BCUT2D eigenvalue weighted by Crippen LogP contribution is 2.30. The van der Waals surface area contributed by atoms with Gasteiger partial charge in [0.2, 0.25) is 0 Å². The maximum absolute atomic E-state index is 10.2. The van der Waals surface area contributed by atoms with E-state index in [4.69, 9.17) is 0 Å². The van der Waals surface area contributed by atoms with Gasteiger partial charge in [-0.2, -0.15) is 0 Å². The zero-order chi connectivity index (χ0) is 13.3. The summed E-state index contributed by atoms with van der Waals surface area (Å²) in [6, 6.07) is 0. The Balaban J connectivity index is 4.43. The summed E-state index contributed by atoms with van der Waals surface area (Å²) in [5.41, 5.74) is 1.10. The predicted molar refractivity (Wildman–Crippen MR) is 77.0 cm³/mol. The third-order valence-electron chi connectivity index (χ3n) is 3.15. The number of unbranched alkanes of at least 4 members (excludes halogenated alkanes) is 1. The lowest BCUT2D eigenvalue weighted by atomic mass is 9.79. The third-order valence-corrected chi connectivity index (χ3v) is 3.15. The van der Waals surface area contributed by atoms with Gasteiger partial charge in [0.15, 0.2) is 0 Å². The Kier molecular flexibility index (Phi) is 7.90. The van der Waals surface area contributed by atoms with Gasteiger partial charge in [-0.15, -0.1) is 6.58 Å². The van der Waals surface area contributed by atoms with Crippen LogP contribution in [0.15, 0.2) is 36.5 Å². The highest BCUT2D eigenvalue weighted by atomic mass is 16.3. The maximum Gasteiger partial charge on any atom is 0.0808 e. The number of hydrogen-bond acceptors (Lipinski definition) is 1. The fourth-order valence-corrected chi connectivity index (χ4v) is 1.65. The van der Waals surface area contributed by atoms with Gasteiger partial charge in [0.25, 0.3) is 0 Å². The van der Waals surface area contributed by atoms with E-state index in [1.165, 1.54) is 5.57 Å². The minimum absolute atomic E-state index is 0.226. The second kappa shape index (κ2) is 8.30. The average Bonchev–Trinajstić information content (AvgIpc) is 2.28. The molecule has 17 heavy (non-hydrogen) atoms. The molecule has 0 saturated carbocycles. The van der Waals surface area contributed by atoms with Crippen LogP contribution in [0.1, 0.15) is 53.4 Å². The van der Waals surface area contributed by atoms with Crippen molar-refractivity contribution in [2.24, 2.45) is 5.41 Å². The van der Waals surface area contributed by atoms with E-state index in [-0.39, 0.29) is 5.41 Å². The predicted octanol–water partition coefficient (Wildman–Crippen LogP) is 4.64. The van der Waals surface area contributed by atoms with Gasteiger partial charge in [-0.3, -0.25) is 0 Å². The van der Waals surface area contributed by atoms with Crippen LogP contribution in [0.2, 0.25) is 0 Å². The standard InChI is InChI=1S/C16H28O/c1-6-8-9-12-15(17)16(5,7-2)13-10-11-14(3)4/h7,9,11-12,15,17H,2,6,8,10,13H2,1,3-5H3/b12-9+/t15-,16+/m0/s1. The van der Waals surface area contributed by atoms with Crippen LogP contribution in [-0.2, 0) is 0 Å². The van der Waals surface area contributed by atoms with E-state index in [0.717, 1.165) is 25.7 Å². The fourth-order valence-electron chi connectivity index (χ4n) is 1.65. The molecule has 98 valence electrons. The first-order valence-corrected chi connectivity index (χ1v) is 6.58. The van der Waals surface area contributed by atoms with Crippen LogP contribution in [0.5, 0.6) is 0 Å². The van der Waals surface area contributed by atoms with Gasteiger partial charge in [0, 0.05) is 5.41 Å². The smallest absolute Gasteiger partial charge is 0.0808 e. The summed E-state index contributed by atoms with van der Waals surface area (Å²) in [4.78, 5) is 0. The largest absolute Gasteiger partial charge is 0.388 e. The Labute approximate surface area is 107 Å². The normalized spacial score (nSPS) is 16.5. The Morgan fingerprint density at radius 1 is 1.35 bits per heavy atom. The lowest BCUT2D eigenvalue weighted by Gasteiger charge is -2.29. The first kappa shape index (κ1) is 16.2. The average molecular weight is 236 g/mol. The number of rotatable bonds is 8. The van der Waals surface area contributed by atoms with Gasteiger partial charge in [-0.1, -0.05) is 50.1 Å². The van der Waals surface area contributed by atoms with Gasteiger partial charge in [-0.25, -0.2) is 0 Å². The van der Waals surface area contributed by atoms with Crippen molar-refractivity contribution in [1.29, 1.82) is 0 Å². The monoisotopic (exact) mass is 236 g/mol. The van der Waals surface area contributed by atoms with E-state index >= 15 is 0 Å². The second-order valence-electron chi connectivity index (χ2n) is 5.19. The summed E-state index contributed by atoms with van der Waals surface area (Å²) >= 11 is 0. The zero-order valence-corrected chi connectivity index (χ0v) is 11.9. The summed E-state index contributed by atoms with van der Waals surface area (Å²) in [7, 11) is 0. The van der Waals surface area contributed by atoms with Crippen LogP contribution in [-0.4, -0.2) is 11.2 Å². The lowest BCUT2D eigenvalue weighted by Crippen LogP contribution is -2.28. The topological polar surface area (TPSA) is 20.2 Å². The van der Waals surface area contributed by atoms with E-state index in [9.17, 15) is 5.11 Å². The molecule has 0 bridgehead atoms. The molecule has 1 N–H and O–H groups in total. The molecular weight excluding hydrogens is 208 g/mol. The minimum atomic E-state index is -0.433. The Bertz CT molecular complexity index is 271. The molecule has 0 spiro atoms. The van der Waals surface area contributed by atoms with Gasteiger partial charge in [0.1, 0.15) is 0 Å². The summed E-state index contributed by atoms with van der Waals surface area (Å²) < 4.78 is 0. The molecule has 0 heterocycles. The fraction of sp³-hybridized carbons (Fsp3) is 0.625. The van der Waals surface area contributed by atoms with Crippen molar-refractivity contribution < 1.29 is 5.11 Å². The van der Waals surface area contributed by atoms with Crippen molar-refractivity contribution >= 4 is 0 Å². The quantitative estimate of drug-likeness (QED) is 0.609. The third kappa shape index (κ3) is 6.48. The lowest BCUT2D eigenvalue weighted by molar-refractivity contribution is 0.106. The summed E-state index contributed by atoms with van der Waals surface area (Å²) in [6.07, 6.45) is 11.7. The van der Waals surface area contributed by atoms with Crippen molar-refractivity contribution in [2.45, 2.75) is 59.5 Å². The van der Waals surface area contributed by atoms with Crippen molar-refractivity contribution in [2.75, 3.05) is 0 Å². The highest BCUT2D eigenvalue weighted by molar-refractivity contribution is 5.06. The Morgan fingerprint density at radius 2 is 2.00 bits per heavy atom. The number of aliphatic hydroxyl groups is 1. The van der Waals surface area contributed by atoms with Crippen LogP contribution < -0.4 is 0 Å². The molecule has 0 aromatic rings.